The van der Waals surface area contributed by atoms with Gasteiger partial charge in [0.15, 0.2) is 0 Å². The molecule has 2 heterocycles. The molecule has 1 amide bonds. The van der Waals surface area contributed by atoms with E-state index in [1.807, 2.05) is 0 Å². The van der Waals surface area contributed by atoms with Gasteiger partial charge in [0, 0.05) is 50.9 Å². The quantitative estimate of drug-likeness (QED) is 0.696. The number of hydrogen-bond donors (Lipinski definition) is 0. The van der Waals surface area contributed by atoms with Crippen molar-refractivity contribution in [3.63, 3.8) is 0 Å². The molecule has 1 aliphatic carbocycles. The van der Waals surface area contributed by atoms with Gasteiger partial charge in [-0.1, -0.05) is 37.5 Å². The first-order valence-electron chi connectivity index (χ1n) is 11.6. The molecule has 1 aromatic carbocycles. The molecule has 6 heteroatoms. The lowest BCUT2D eigenvalue weighted by Gasteiger charge is -2.38. The van der Waals surface area contributed by atoms with Crippen LogP contribution >= 0.6 is 0 Å². The Morgan fingerprint density at radius 1 is 1.06 bits per heavy atom. The Bertz CT molecular complexity index is 858. The zero-order valence-corrected chi connectivity index (χ0v) is 18.5. The van der Waals surface area contributed by atoms with Gasteiger partial charge in [-0.25, -0.2) is 9.37 Å². The molecule has 4 rings (SSSR count). The Hall–Kier alpha value is -2.47. The normalized spacial score (nSPS) is 18.2. The smallest absolute Gasteiger partial charge is 0.231 e. The third-order valence-corrected chi connectivity index (χ3v) is 6.68. The van der Waals surface area contributed by atoms with Crippen LogP contribution in [-0.2, 0) is 4.79 Å². The fourth-order valence-corrected chi connectivity index (χ4v) is 4.81. The van der Waals surface area contributed by atoms with Gasteiger partial charge in [-0.3, -0.25) is 14.6 Å². The minimum Gasteiger partial charge on any atom is -0.369 e. The van der Waals surface area contributed by atoms with E-state index in [1.54, 1.807) is 11.0 Å². The molecule has 1 aromatic heterocycles. The van der Waals surface area contributed by atoms with E-state index in [0.717, 1.165) is 58.4 Å². The number of pyridine rings is 1. The fraction of sp³-hybridized carbons (Fsp3) is 0.520. The van der Waals surface area contributed by atoms with Gasteiger partial charge in [0.25, 0.3) is 0 Å². The standard InChI is InChI=1S/C25H33FN4O/c1-20-7-5-6-10-23(20)29-16-13-28(14-17-29)15-18-30(24-12-11-22(26)19-27-24)25(31)21-8-3-2-4-9-21/h5-7,10-12,19,21H,2-4,8-9,13-18H2,1H3/i26-1. The SMILES string of the molecule is Cc1ccccc1N1CCN(CCN(C(=O)C2CCCCC2)c2ccc([18F])cn2)CC1. The Morgan fingerprint density at radius 3 is 2.48 bits per heavy atom. The summed E-state index contributed by atoms with van der Waals surface area (Å²) in [6, 6.07) is 11.5. The molecule has 1 saturated heterocycles. The molecule has 0 bridgehead atoms. The molecule has 0 radical (unpaired) electrons. The van der Waals surface area contributed by atoms with Gasteiger partial charge in [0.1, 0.15) is 11.6 Å². The summed E-state index contributed by atoms with van der Waals surface area (Å²) in [6.45, 7) is 7.46. The lowest BCUT2D eigenvalue weighted by atomic mass is 9.88. The van der Waals surface area contributed by atoms with Crippen LogP contribution in [0.5, 0.6) is 0 Å². The number of rotatable bonds is 6. The topological polar surface area (TPSA) is 39.7 Å². The number of carbonyl (C=O) groups is 1. The number of carbonyl (C=O) groups excluding carboxylic acids is 1. The monoisotopic (exact) mass is 423 g/mol. The van der Waals surface area contributed by atoms with Crippen molar-refractivity contribution in [2.24, 2.45) is 5.92 Å². The van der Waals surface area contributed by atoms with Crippen LogP contribution in [0.2, 0.25) is 0 Å². The van der Waals surface area contributed by atoms with E-state index in [9.17, 15) is 9.18 Å². The minimum absolute atomic E-state index is 0.0681. The van der Waals surface area contributed by atoms with Crippen molar-refractivity contribution in [1.29, 1.82) is 0 Å². The lowest BCUT2D eigenvalue weighted by Crippen LogP contribution is -2.50. The van der Waals surface area contributed by atoms with Crippen LogP contribution in [0.1, 0.15) is 37.7 Å². The number of aryl methyl sites for hydroxylation is 1. The predicted molar refractivity (Wildman–Crippen MR) is 123 cm³/mol. The number of anilines is 2. The van der Waals surface area contributed by atoms with E-state index in [2.05, 4.69) is 46.0 Å². The first kappa shape index (κ1) is 21.8. The summed E-state index contributed by atoms with van der Waals surface area (Å²) in [6.07, 6.45) is 6.54. The van der Waals surface area contributed by atoms with Gasteiger partial charge in [0.2, 0.25) is 5.91 Å². The number of halogens is 1. The highest BCUT2D eigenvalue weighted by Gasteiger charge is 2.28. The highest BCUT2D eigenvalue weighted by atomic mass is 18.2. The molecule has 0 spiro atoms. The molecule has 31 heavy (non-hydrogen) atoms. The van der Waals surface area contributed by atoms with Crippen molar-refractivity contribution < 1.29 is 9.18 Å². The second-order valence-corrected chi connectivity index (χ2v) is 8.77. The van der Waals surface area contributed by atoms with Gasteiger partial charge in [-0.2, -0.15) is 0 Å². The van der Waals surface area contributed by atoms with Gasteiger partial charge in [-0.05, 0) is 43.5 Å². The minimum atomic E-state index is -0.374. The van der Waals surface area contributed by atoms with Crippen molar-refractivity contribution >= 4 is 17.4 Å². The third kappa shape index (κ3) is 5.42. The molecule has 166 valence electrons. The van der Waals surface area contributed by atoms with Crippen LogP contribution in [0.15, 0.2) is 42.6 Å². The van der Waals surface area contributed by atoms with E-state index in [-0.39, 0.29) is 17.6 Å². The molecule has 5 nitrogen and oxygen atoms in total. The molecular formula is C25H33FN4O. The van der Waals surface area contributed by atoms with Crippen LogP contribution in [0.4, 0.5) is 15.9 Å². The molecule has 2 fully saturated rings. The third-order valence-electron chi connectivity index (χ3n) is 6.68. The van der Waals surface area contributed by atoms with Crippen LogP contribution in [0, 0.1) is 18.7 Å². The van der Waals surface area contributed by atoms with Crippen molar-refractivity contribution in [2.45, 2.75) is 39.0 Å². The number of para-hydroxylation sites is 1. The Balaban J connectivity index is 1.38. The molecule has 1 saturated carbocycles. The molecular weight excluding hydrogens is 390 g/mol. The van der Waals surface area contributed by atoms with Crippen LogP contribution in [0.3, 0.4) is 0 Å². The number of aromatic nitrogens is 1. The number of piperazine rings is 1. The molecule has 2 aromatic rings. The Kier molecular flexibility index (Phi) is 7.17. The van der Waals surface area contributed by atoms with E-state index in [0.29, 0.717) is 12.4 Å². The summed E-state index contributed by atoms with van der Waals surface area (Å²) < 4.78 is 13.4. The average molecular weight is 424 g/mol. The maximum absolute atomic E-state index is 13.4. The second kappa shape index (κ2) is 10.2. The van der Waals surface area contributed by atoms with Crippen molar-refractivity contribution in [3.05, 3.63) is 54.0 Å². The first-order valence-corrected chi connectivity index (χ1v) is 11.6. The highest BCUT2D eigenvalue weighted by Crippen LogP contribution is 2.27. The molecule has 1 aliphatic heterocycles. The Morgan fingerprint density at radius 2 is 1.81 bits per heavy atom. The number of hydrogen-bond acceptors (Lipinski definition) is 4. The number of nitrogens with zero attached hydrogens (tertiary/aromatic N) is 4. The van der Waals surface area contributed by atoms with Crippen molar-refractivity contribution in [2.75, 3.05) is 49.1 Å². The summed E-state index contributed by atoms with van der Waals surface area (Å²) in [5, 5.41) is 0. The van der Waals surface area contributed by atoms with E-state index >= 15 is 0 Å². The van der Waals surface area contributed by atoms with Crippen molar-refractivity contribution in [3.8, 4) is 0 Å². The summed E-state index contributed by atoms with van der Waals surface area (Å²) >= 11 is 0. The first-order chi connectivity index (χ1) is 15.1. The zero-order valence-electron chi connectivity index (χ0n) is 18.5. The molecule has 2 aliphatic rings. The number of amides is 1. The maximum Gasteiger partial charge on any atom is 0.231 e. The van der Waals surface area contributed by atoms with Gasteiger partial charge >= 0.3 is 0 Å². The molecule has 0 N–H and O–H groups in total. The Labute approximate surface area is 184 Å². The number of benzene rings is 1. The summed E-state index contributed by atoms with van der Waals surface area (Å²) in [4.78, 5) is 24.2. The summed E-state index contributed by atoms with van der Waals surface area (Å²) in [7, 11) is 0. The molecule has 0 atom stereocenters. The molecule has 0 unspecified atom stereocenters. The summed E-state index contributed by atoms with van der Waals surface area (Å²) in [5.41, 5.74) is 2.62. The summed E-state index contributed by atoms with van der Waals surface area (Å²) in [5.74, 6) is 0.410. The van der Waals surface area contributed by atoms with Gasteiger partial charge in [-0.15, -0.1) is 0 Å². The van der Waals surface area contributed by atoms with Crippen LogP contribution in [-0.4, -0.2) is 55.1 Å². The maximum atomic E-state index is 13.4. The van der Waals surface area contributed by atoms with Crippen LogP contribution in [0.25, 0.3) is 0 Å². The van der Waals surface area contributed by atoms with Gasteiger partial charge < -0.3 is 4.90 Å². The van der Waals surface area contributed by atoms with Gasteiger partial charge in [0.05, 0.1) is 6.20 Å². The van der Waals surface area contributed by atoms with Crippen LogP contribution < -0.4 is 9.80 Å². The highest BCUT2D eigenvalue weighted by molar-refractivity contribution is 5.94. The average Bonchev–Trinajstić information content (AvgIpc) is 2.81. The fourth-order valence-electron chi connectivity index (χ4n) is 4.81. The lowest BCUT2D eigenvalue weighted by molar-refractivity contribution is -0.123. The van der Waals surface area contributed by atoms with E-state index < -0.39 is 0 Å². The van der Waals surface area contributed by atoms with Crippen molar-refractivity contribution in [1.82, 2.24) is 9.88 Å². The van der Waals surface area contributed by atoms with E-state index in [1.165, 1.54) is 29.9 Å². The largest absolute Gasteiger partial charge is 0.369 e. The van der Waals surface area contributed by atoms with E-state index in [4.69, 9.17) is 0 Å². The zero-order chi connectivity index (χ0) is 21.6. The predicted octanol–water partition coefficient (Wildman–Crippen LogP) is 4.26. The second-order valence-electron chi connectivity index (χ2n) is 8.77.